The molecule has 0 atom stereocenters. The Labute approximate surface area is 150 Å². The average Bonchev–Trinajstić information content (AvgIpc) is 2.61. The normalized spacial score (nSPS) is 10.4. The minimum Gasteiger partial charge on any atom is -0.496 e. The van der Waals surface area contributed by atoms with Crippen molar-refractivity contribution in [1.29, 1.82) is 0 Å². The van der Waals surface area contributed by atoms with E-state index in [1.54, 1.807) is 55.7 Å². The molecule has 0 aliphatic carbocycles. The molecule has 0 radical (unpaired) electrons. The Morgan fingerprint density at radius 1 is 1.04 bits per heavy atom. The van der Waals surface area contributed by atoms with E-state index in [9.17, 15) is 9.59 Å². The number of hydrogen-bond acceptors (Lipinski definition) is 3. The number of nitrogens with one attached hydrogen (secondary N) is 3. The van der Waals surface area contributed by atoms with E-state index in [0.717, 1.165) is 0 Å². The maximum atomic E-state index is 12.0. The lowest BCUT2D eigenvalue weighted by atomic mass is 10.2. The number of methoxy groups -OCH3 is 1. The van der Waals surface area contributed by atoms with Crippen molar-refractivity contribution in [2.75, 3.05) is 24.8 Å². The fourth-order valence-electron chi connectivity index (χ4n) is 2.02. The van der Waals surface area contributed by atoms with Gasteiger partial charge in [0.05, 0.1) is 7.11 Å². The van der Waals surface area contributed by atoms with Gasteiger partial charge in [-0.15, -0.1) is 0 Å². The molecule has 3 amide bonds. The van der Waals surface area contributed by atoms with Crippen LogP contribution in [0.1, 0.15) is 5.56 Å². The monoisotopic (exact) mass is 359 g/mol. The molecule has 2 aromatic rings. The summed E-state index contributed by atoms with van der Waals surface area (Å²) in [5.74, 6) is 0.326. The predicted molar refractivity (Wildman–Crippen MR) is 100 cm³/mol. The summed E-state index contributed by atoms with van der Waals surface area (Å²) in [6.07, 6.45) is 3.02. The van der Waals surface area contributed by atoms with Crippen molar-refractivity contribution in [1.82, 2.24) is 5.32 Å². The van der Waals surface area contributed by atoms with E-state index in [1.807, 2.05) is 0 Å². The molecule has 0 saturated heterocycles. The number of benzene rings is 2. The van der Waals surface area contributed by atoms with Crippen LogP contribution < -0.4 is 20.7 Å². The summed E-state index contributed by atoms with van der Waals surface area (Å²) >= 11 is 5.96. The molecule has 0 aromatic heterocycles. The summed E-state index contributed by atoms with van der Waals surface area (Å²) in [6, 6.07) is 11.6. The van der Waals surface area contributed by atoms with Gasteiger partial charge in [-0.3, -0.25) is 4.79 Å². The Kier molecular flexibility index (Phi) is 6.42. The van der Waals surface area contributed by atoms with Gasteiger partial charge in [0, 0.05) is 35.1 Å². The van der Waals surface area contributed by atoms with Crippen molar-refractivity contribution in [3.8, 4) is 5.75 Å². The third kappa shape index (κ3) is 5.54. The second-order valence-electron chi connectivity index (χ2n) is 4.99. The highest BCUT2D eigenvalue weighted by Gasteiger charge is 2.03. The number of carbonyl (C=O) groups is 2. The van der Waals surface area contributed by atoms with Crippen LogP contribution in [-0.4, -0.2) is 26.1 Å². The molecule has 0 bridgehead atoms. The molecule has 2 rings (SSSR count). The first-order chi connectivity index (χ1) is 12.0. The first kappa shape index (κ1) is 18.4. The maximum Gasteiger partial charge on any atom is 0.318 e. The van der Waals surface area contributed by atoms with Crippen molar-refractivity contribution in [2.24, 2.45) is 0 Å². The molecule has 0 spiro atoms. The van der Waals surface area contributed by atoms with Crippen LogP contribution >= 0.6 is 11.6 Å². The number of hydrogen-bond donors (Lipinski definition) is 3. The summed E-state index contributed by atoms with van der Waals surface area (Å²) in [5, 5.41) is 8.38. The summed E-state index contributed by atoms with van der Waals surface area (Å²) in [7, 11) is 3.08. The molecule has 0 aliphatic rings. The second kappa shape index (κ2) is 8.75. The van der Waals surface area contributed by atoms with Gasteiger partial charge in [0.2, 0.25) is 5.91 Å². The van der Waals surface area contributed by atoms with Crippen LogP contribution in [0.25, 0.3) is 6.08 Å². The fourth-order valence-corrected chi connectivity index (χ4v) is 2.20. The van der Waals surface area contributed by atoms with Gasteiger partial charge in [0.15, 0.2) is 0 Å². The summed E-state index contributed by atoms with van der Waals surface area (Å²) in [4.78, 5) is 23.2. The van der Waals surface area contributed by atoms with E-state index in [2.05, 4.69) is 16.0 Å². The molecule has 0 saturated carbocycles. The lowest BCUT2D eigenvalue weighted by molar-refractivity contribution is -0.111. The minimum absolute atomic E-state index is 0.297. The van der Waals surface area contributed by atoms with Crippen LogP contribution in [0.15, 0.2) is 48.5 Å². The van der Waals surface area contributed by atoms with Crippen LogP contribution in [-0.2, 0) is 4.79 Å². The molecule has 7 heteroatoms. The number of halogens is 1. The number of carbonyl (C=O) groups excluding carboxylic acids is 2. The van der Waals surface area contributed by atoms with E-state index in [-0.39, 0.29) is 11.9 Å². The van der Waals surface area contributed by atoms with Crippen LogP contribution in [0, 0.1) is 0 Å². The van der Waals surface area contributed by atoms with Gasteiger partial charge in [0.1, 0.15) is 5.75 Å². The summed E-state index contributed by atoms with van der Waals surface area (Å²) < 4.78 is 5.22. The molecule has 130 valence electrons. The van der Waals surface area contributed by atoms with Crippen LogP contribution in [0.5, 0.6) is 5.75 Å². The zero-order valence-corrected chi connectivity index (χ0v) is 14.6. The van der Waals surface area contributed by atoms with Crippen molar-refractivity contribution in [3.63, 3.8) is 0 Å². The zero-order valence-electron chi connectivity index (χ0n) is 13.8. The topological polar surface area (TPSA) is 79.5 Å². The summed E-state index contributed by atoms with van der Waals surface area (Å²) in [6.45, 7) is 0. The molecule has 3 N–H and O–H groups in total. The Hall–Kier alpha value is -2.99. The second-order valence-corrected chi connectivity index (χ2v) is 5.43. The smallest absolute Gasteiger partial charge is 0.318 e. The molecule has 6 nitrogen and oxygen atoms in total. The molecule has 0 fully saturated rings. The molecule has 0 heterocycles. The van der Waals surface area contributed by atoms with Gasteiger partial charge >= 0.3 is 6.03 Å². The first-order valence-electron chi connectivity index (χ1n) is 7.43. The lowest BCUT2D eigenvalue weighted by Crippen LogP contribution is -2.24. The fraction of sp³-hybridized carbons (Fsp3) is 0.111. The highest BCUT2D eigenvalue weighted by atomic mass is 35.5. The van der Waals surface area contributed by atoms with Crippen molar-refractivity contribution in [2.45, 2.75) is 0 Å². The van der Waals surface area contributed by atoms with Crippen molar-refractivity contribution in [3.05, 3.63) is 59.1 Å². The maximum absolute atomic E-state index is 12.0. The van der Waals surface area contributed by atoms with Gasteiger partial charge in [-0.05, 0) is 48.5 Å². The van der Waals surface area contributed by atoms with Gasteiger partial charge < -0.3 is 20.7 Å². The third-order valence-electron chi connectivity index (χ3n) is 3.24. The highest BCUT2D eigenvalue weighted by molar-refractivity contribution is 6.30. The van der Waals surface area contributed by atoms with Crippen molar-refractivity contribution >= 4 is 41.0 Å². The Morgan fingerprint density at radius 3 is 2.28 bits per heavy atom. The SMILES string of the molecule is CNC(=O)Nc1ccc(NC(=O)C=Cc2cc(Cl)ccc2OC)cc1. The largest absolute Gasteiger partial charge is 0.496 e. The molecule has 25 heavy (non-hydrogen) atoms. The van der Waals surface area contributed by atoms with Gasteiger partial charge in [-0.25, -0.2) is 4.79 Å². The minimum atomic E-state index is -0.310. The Bertz CT molecular complexity index is 789. The zero-order chi connectivity index (χ0) is 18.2. The molecule has 0 aliphatic heterocycles. The molecular weight excluding hydrogens is 342 g/mol. The van der Waals surface area contributed by atoms with Gasteiger partial charge in [0.25, 0.3) is 0 Å². The van der Waals surface area contributed by atoms with E-state index < -0.39 is 0 Å². The summed E-state index contributed by atoms with van der Waals surface area (Å²) in [5.41, 5.74) is 1.93. The molecular formula is C18H18ClN3O3. The van der Waals surface area contributed by atoms with Gasteiger partial charge in [-0.1, -0.05) is 11.6 Å². The number of amides is 3. The lowest BCUT2D eigenvalue weighted by Gasteiger charge is -2.07. The first-order valence-corrected chi connectivity index (χ1v) is 7.81. The molecule has 0 unspecified atom stereocenters. The molecule has 2 aromatic carbocycles. The number of rotatable bonds is 5. The van der Waals surface area contributed by atoms with Crippen LogP contribution in [0.2, 0.25) is 5.02 Å². The highest BCUT2D eigenvalue weighted by Crippen LogP contribution is 2.23. The average molecular weight is 360 g/mol. The number of ether oxygens (including phenoxy) is 1. The van der Waals surface area contributed by atoms with Crippen LogP contribution in [0.4, 0.5) is 16.2 Å². The van der Waals surface area contributed by atoms with E-state index >= 15 is 0 Å². The van der Waals surface area contributed by atoms with E-state index in [0.29, 0.717) is 27.7 Å². The Balaban J connectivity index is 2.00. The van der Waals surface area contributed by atoms with Crippen LogP contribution in [0.3, 0.4) is 0 Å². The third-order valence-corrected chi connectivity index (χ3v) is 3.48. The van der Waals surface area contributed by atoms with E-state index in [1.165, 1.54) is 13.1 Å². The van der Waals surface area contributed by atoms with E-state index in [4.69, 9.17) is 16.3 Å². The Morgan fingerprint density at radius 2 is 1.68 bits per heavy atom. The number of urea groups is 1. The standard InChI is InChI=1S/C18H18ClN3O3/c1-20-18(24)22-15-7-5-14(6-8-15)21-17(23)10-3-12-11-13(19)4-9-16(12)25-2/h3-11H,1-2H3,(H,21,23)(H2,20,22,24). The van der Waals surface area contributed by atoms with Crippen molar-refractivity contribution < 1.29 is 14.3 Å². The quantitative estimate of drug-likeness (QED) is 0.711. The van der Waals surface area contributed by atoms with Gasteiger partial charge in [-0.2, -0.15) is 0 Å². The number of anilines is 2. The predicted octanol–water partition coefficient (Wildman–Crippen LogP) is 3.75.